The molecule has 2 heterocycles. The number of rotatable bonds is 4. The molecule has 2 aromatic carbocycles. The molecule has 2 unspecified atom stereocenters. The number of carbonyl (C=O) groups is 1. The van der Waals surface area contributed by atoms with Gasteiger partial charge in [-0.2, -0.15) is 0 Å². The number of nitrogens with one attached hydrogen (secondary N) is 1. The van der Waals surface area contributed by atoms with Crippen molar-refractivity contribution in [2.75, 3.05) is 0 Å². The number of hydrogen-bond donors (Lipinski definition) is 1. The molecule has 2 atom stereocenters. The van der Waals surface area contributed by atoms with Crippen molar-refractivity contribution >= 4 is 42.1 Å². The van der Waals surface area contributed by atoms with Gasteiger partial charge in [0.25, 0.3) is 0 Å². The van der Waals surface area contributed by atoms with Crippen LogP contribution in [0.25, 0.3) is 10.9 Å². The monoisotopic (exact) mass is 455 g/mol. The molecule has 1 amide bonds. The number of H-pyrrole nitrogens is 1. The summed E-state index contributed by atoms with van der Waals surface area (Å²) in [5.74, 6) is -0.0284. The van der Waals surface area contributed by atoms with Crippen LogP contribution in [0, 0.1) is 6.92 Å². The second kappa shape index (κ2) is 7.85. The Morgan fingerprint density at radius 1 is 1.21 bits per heavy atom. The van der Waals surface area contributed by atoms with E-state index in [1.165, 1.54) is 16.4 Å². The van der Waals surface area contributed by atoms with Gasteiger partial charge in [0.05, 0.1) is 0 Å². The summed E-state index contributed by atoms with van der Waals surface area (Å²) in [5, 5.41) is 6.29. The Morgan fingerprint density at radius 3 is 2.69 bits per heavy atom. The molecule has 0 bridgehead atoms. The van der Waals surface area contributed by atoms with Crippen molar-refractivity contribution in [1.29, 1.82) is 0 Å². The first-order chi connectivity index (χ1) is 14.0. The molecule has 148 valence electrons. The number of benzene rings is 2. The Morgan fingerprint density at radius 2 is 1.97 bits per heavy atom. The van der Waals surface area contributed by atoms with Crippen molar-refractivity contribution in [3.05, 3.63) is 76.1 Å². The molecule has 0 aliphatic carbocycles. The van der Waals surface area contributed by atoms with Crippen LogP contribution in [-0.2, 0) is 9.53 Å². The third-order valence-corrected chi connectivity index (χ3v) is 7.23. The van der Waals surface area contributed by atoms with E-state index in [2.05, 4.69) is 22.2 Å². The molecule has 0 radical (unpaired) electrons. The maximum atomic E-state index is 13.0. The molecule has 0 spiro atoms. The molecule has 1 N–H and O–H groups in total. The van der Waals surface area contributed by atoms with Gasteiger partial charge in [0.1, 0.15) is 0 Å². The van der Waals surface area contributed by atoms with Crippen LogP contribution in [0.2, 0.25) is 4.82 Å². The zero-order valence-electron chi connectivity index (χ0n) is 16.4. The van der Waals surface area contributed by atoms with Crippen LogP contribution in [0.4, 0.5) is 0 Å². The van der Waals surface area contributed by atoms with E-state index in [1.54, 1.807) is 12.3 Å². The average Bonchev–Trinajstić information content (AvgIpc) is 3.15. The minimum absolute atomic E-state index is 0.0526. The number of fused-ring (bicyclic) bond motifs is 1. The fraction of sp³-hybridized carbons (Fsp3) is 0.227. The van der Waals surface area contributed by atoms with E-state index in [4.69, 9.17) is 4.74 Å². The Hall–Kier alpha value is -2.89. The normalized spacial score (nSPS) is 17.1. The summed E-state index contributed by atoms with van der Waals surface area (Å²) in [5.41, 5.74) is 1.95. The van der Waals surface area contributed by atoms with Crippen LogP contribution in [0.1, 0.15) is 25.0 Å². The van der Waals surface area contributed by atoms with Gasteiger partial charge < -0.3 is 0 Å². The third kappa shape index (κ3) is 3.71. The second-order valence-electron chi connectivity index (χ2n) is 6.94. The van der Waals surface area contributed by atoms with Gasteiger partial charge in [0, 0.05) is 0 Å². The Bertz CT molecular complexity index is 1160. The summed E-state index contributed by atoms with van der Waals surface area (Å²) in [6.45, 7) is 5.45. The van der Waals surface area contributed by atoms with Gasteiger partial charge in [0.15, 0.2) is 0 Å². The van der Waals surface area contributed by atoms with Crippen LogP contribution in [0.5, 0.6) is 0 Å². The van der Waals surface area contributed by atoms with Crippen molar-refractivity contribution in [3.8, 4) is 0 Å². The molecule has 7 heteroatoms. The van der Waals surface area contributed by atoms with E-state index in [0.717, 1.165) is 11.1 Å². The number of aryl methyl sites for hydroxylation is 1. The van der Waals surface area contributed by atoms with Crippen LogP contribution in [-0.4, -0.2) is 43.0 Å². The first-order valence-corrected chi connectivity index (χ1v) is 11.2. The first-order valence-electron chi connectivity index (χ1n) is 9.34. The van der Waals surface area contributed by atoms with Crippen LogP contribution in [0.3, 0.4) is 0 Å². The van der Waals surface area contributed by atoms with Crippen molar-refractivity contribution in [2.24, 2.45) is 5.10 Å². The molecule has 1 aliphatic heterocycles. The topological polar surface area (TPSA) is 74.8 Å². The first kappa shape index (κ1) is 19.4. The number of pyridine rings is 1. The fourth-order valence-electron chi connectivity index (χ4n) is 3.34. The number of amides is 1. The number of para-hydroxylation sites is 1. The summed E-state index contributed by atoms with van der Waals surface area (Å²) >= 11 is 0.0809. The van der Waals surface area contributed by atoms with Crippen LogP contribution in [0.15, 0.2) is 64.6 Å². The summed E-state index contributed by atoms with van der Waals surface area (Å²) < 4.78 is 7.28. The van der Waals surface area contributed by atoms with E-state index in [0.29, 0.717) is 10.9 Å². The molecule has 29 heavy (non-hydrogen) atoms. The molecule has 3 aromatic rings. The molecule has 0 saturated heterocycles. The van der Waals surface area contributed by atoms with Gasteiger partial charge in [-0.3, -0.25) is 0 Å². The quantitative estimate of drug-likeness (QED) is 0.616. The number of aromatic amines is 1. The van der Waals surface area contributed by atoms with Gasteiger partial charge in [-0.05, 0) is 0 Å². The molecule has 1 aromatic heterocycles. The van der Waals surface area contributed by atoms with Gasteiger partial charge in [-0.15, -0.1) is 0 Å². The summed E-state index contributed by atoms with van der Waals surface area (Å²) in [6.07, 6.45) is 1.08. The summed E-state index contributed by atoms with van der Waals surface area (Å²) in [4.78, 5) is 28.4. The fourth-order valence-corrected chi connectivity index (χ4v) is 5.50. The van der Waals surface area contributed by atoms with Crippen molar-refractivity contribution in [2.45, 2.75) is 31.8 Å². The third-order valence-electron chi connectivity index (χ3n) is 4.81. The Balaban J connectivity index is 1.66. The van der Waals surface area contributed by atoms with E-state index in [-0.39, 0.29) is 37.0 Å². The van der Waals surface area contributed by atoms with Crippen molar-refractivity contribution in [1.82, 2.24) is 9.99 Å². The van der Waals surface area contributed by atoms with E-state index < -0.39 is 6.23 Å². The van der Waals surface area contributed by atoms with Crippen LogP contribution < -0.4 is 9.89 Å². The maximum absolute atomic E-state index is 13.0. The Kier molecular flexibility index (Phi) is 5.26. The average molecular weight is 454 g/mol. The van der Waals surface area contributed by atoms with Crippen molar-refractivity contribution < 1.29 is 9.53 Å². The number of ether oxygens (including phenoxy) is 1. The van der Waals surface area contributed by atoms with Gasteiger partial charge in [-0.1, -0.05) is 0 Å². The summed E-state index contributed by atoms with van der Waals surface area (Å²) in [7, 11) is 0. The molecule has 4 rings (SSSR count). The molecular formula is C22H21N3O3Se. The SMILES string of the molecule is CC(=O)N1N=C(c2c[nH]c3c(C)cccc3c2=O)OC1C(C)[Se]c1ccccc1. The zero-order chi connectivity index (χ0) is 20.5. The van der Waals surface area contributed by atoms with Crippen LogP contribution >= 0.6 is 0 Å². The van der Waals surface area contributed by atoms with Gasteiger partial charge in [0.2, 0.25) is 0 Å². The molecule has 0 saturated carbocycles. The van der Waals surface area contributed by atoms with Crippen molar-refractivity contribution in [3.63, 3.8) is 0 Å². The molecule has 0 fully saturated rings. The molecule has 6 nitrogen and oxygen atoms in total. The molecular weight excluding hydrogens is 433 g/mol. The van der Waals surface area contributed by atoms with E-state index in [9.17, 15) is 9.59 Å². The second-order valence-corrected chi connectivity index (χ2v) is 9.99. The zero-order valence-corrected chi connectivity index (χ0v) is 18.1. The number of hydrogen-bond acceptors (Lipinski definition) is 4. The van der Waals surface area contributed by atoms with Gasteiger partial charge in [-0.25, -0.2) is 0 Å². The number of hydrazone groups is 1. The predicted molar refractivity (Wildman–Crippen MR) is 114 cm³/mol. The van der Waals surface area contributed by atoms with E-state index >= 15 is 0 Å². The molecule has 1 aliphatic rings. The number of aromatic nitrogens is 1. The Labute approximate surface area is 174 Å². The minimum atomic E-state index is -0.532. The number of carbonyl (C=O) groups excluding carboxylic acids is 1. The van der Waals surface area contributed by atoms with E-state index in [1.807, 2.05) is 44.2 Å². The standard InChI is InChI=1S/C22H21N3O3Se/c1-13-8-7-11-17-19(13)23-12-18(20(17)27)21-24-25(15(3)26)22(28-21)14(2)29-16-9-5-4-6-10-16/h4-12,14,22H,1-3H3,(H,23,27). The predicted octanol–water partition coefficient (Wildman–Crippen LogP) is 2.54. The number of nitrogens with zero attached hydrogens (tertiary/aromatic N) is 2. The van der Waals surface area contributed by atoms with Gasteiger partial charge >= 0.3 is 175 Å². The summed E-state index contributed by atoms with van der Waals surface area (Å²) in [6, 6.07) is 15.7.